The smallest absolute Gasteiger partial charge is 0.407 e. The van der Waals surface area contributed by atoms with Gasteiger partial charge in [-0.15, -0.1) is 0 Å². The van der Waals surface area contributed by atoms with Crippen LogP contribution in [0.25, 0.3) is 12.2 Å². The highest BCUT2D eigenvalue weighted by atomic mass is 35.5. The molecule has 2 aliphatic rings. The predicted molar refractivity (Wildman–Crippen MR) is 139 cm³/mol. The summed E-state index contributed by atoms with van der Waals surface area (Å²) in [6.45, 7) is 0.104. The zero-order valence-corrected chi connectivity index (χ0v) is 21.3. The van der Waals surface area contributed by atoms with Gasteiger partial charge in [-0.1, -0.05) is 59.6 Å². The van der Waals surface area contributed by atoms with E-state index in [2.05, 4.69) is 0 Å². The number of benzene rings is 3. The second-order valence-corrected chi connectivity index (χ2v) is 12.0. The minimum absolute atomic E-state index is 0.0219. The van der Waals surface area contributed by atoms with Gasteiger partial charge in [-0.3, -0.25) is 0 Å². The molecular weight excluding hydrogens is 524 g/mol. The zero-order chi connectivity index (χ0) is 25.7. The maximum absolute atomic E-state index is 14.1. The third-order valence-corrected chi connectivity index (χ3v) is 10.4. The summed E-state index contributed by atoms with van der Waals surface area (Å²) in [5.74, 6) is -0.541. The van der Waals surface area contributed by atoms with E-state index in [1.54, 1.807) is 24.3 Å². The van der Waals surface area contributed by atoms with Gasteiger partial charge in [0.15, 0.2) is 9.84 Å². The summed E-state index contributed by atoms with van der Waals surface area (Å²) in [4.78, 5) is 13.2. The molecular formula is C27H22Cl2FNO4S. The summed E-state index contributed by atoms with van der Waals surface area (Å²) in [6.07, 6.45) is 3.54. The molecule has 0 aromatic heterocycles. The Kier molecular flexibility index (Phi) is 6.35. The lowest BCUT2D eigenvalue weighted by atomic mass is 9.78. The van der Waals surface area contributed by atoms with E-state index >= 15 is 0 Å². The molecule has 186 valence electrons. The van der Waals surface area contributed by atoms with Gasteiger partial charge in [0.1, 0.15) is 10.6 Å². The van der Waals surface area contributed by atoms with E-state index < -0.39 is 32.5 Å². The van der Waals surface area contributed by atoms with E-state index in [0.717, 1.165) is 23.3 Å². The second kappa shape index (κ2) is 9.21. The van der Waals surface area contributed by atoms with Crippen LogP contribution in [0.2, 0.25) is 10.0 Å². The average Bonchev–Trinajstić information content (AvgIpc) is 3.26. The van der Waals surface area contributed by atoms with Crippen LogP contribution in [0, 0.1) is 5.82 Å². The number of amides is 1. The minimum Gasteiger partial charge on any atom is -0.465 e. The molecule has 3 aromatic carbocycles. The van der Waals surface area contributed by atoms with E-state index in [-0.39, 0.29) is 17.9 Å². The lowest BCUT2D eigenvalue weighted by molar-refractivity contribution is 0.132. The number of fused-ring (bicyclic) bond motifs is 3. The Balaban J connectivity index is 1.62. The third kappa shape index (κ3) is 3.90. The van der Waals surface area contributed by atoms with Crippen molar-refractivity contribution < 1.29 is 22.7 Å². The summed E-state index contributed by atoms with van der Waals surface area (Å²) in [6, 6.07) is 14.8. The number of carbonyl (C=O) groups is 1. The standard InChI is InChI=1S/C27H22Cl2FNO4S/c28-23-2-1-3-24(29)21(23)11-4-17-5-12-22-18(16-17)6-13-25-27(22,14-15-31(25)26(32)33)36(34,35)20-9-7-19(30)8-10-20/h1-5,7-12,16,25H,6,13-15H2,(H,32,33)/b11-4+/t25-,27-/m1/s1. The molecule has 1 amide bonds. The maximum atomic E-state index is 14.1. The second-order valence-electron chi connectivity index (χ2n) is 9.01. The summed E-state index contributed by atoms with van der Waals surface area (Å²) >= 11 is 12.5. The van der Waals surface area contributed by atoms with Crippen molar-refractivity contribution >= 4 is 51.3 Å². The summed E-state index contributed by atoms with van der Waals surface area (Å²) < 4.78 is 40.4. The molecule has 0 unspecified atom stereocenters. The fourth-order valence-corrected chi connectivity index (χ4v) is 8.44. The largest absolute Gasteiger partial charge is 0.465 e. The number of aryl methyl sites for hydroxylation is 1. The van der Waals surface area contributed by atoms with Gasteiger partial charge in [-0.25, -0.2) is 17.6 Å². The van der Waals surface area contributed by atoms with Gasteiger partial charge < -0.3 is 10.0 Å². The van der Waals surface area contributed by atoms with Crippen LogP contribution in [0.5, 0.6) is 0 Å². The van der Waals surface area contributed by atoms with Crippen LogP contribution in [-0.4, -0.2) is 37.1 Å². The Morgan fingerprint density at radius 1 is 1.06 bits per heavy atom. The van der Waals surface area contributed by atoms with Gasteiger partial charge in [0.25, 0.3) is 0 Å². The van der Waals surface area contributed by atoms with Gasteiger partial charge in [-0.05, 0) is 72.4 Å². The zero-order valence-electron chi connectivity index (χ0n) is 19.0. The molecule has 5 rings (SSSR count). The van der Waals surface area contributed by atoms with Gasteiger partial charge >= 0.3 is 6.09 Å². The first kappa shape index (κ1) is 24.8. The molecule has 0 bridgehead atoms. The van der Waals surface area contributed by atoms with Crippen LogP contribution in [0.3, 0.4) is 0 Å². The Bertz CT molecular complexity index is 1470. The molecule has 2 atom stereocenters. The van der Waals surface area contributed by atoms with E-state index in [1.807, 2.05) is 24.3 Å². The molecule has 0 saturated carbocycles. The van der Waals surface area contributed by atoms with Crippen LogP contribution in [0.4, 0.5) is 9.18 Å². The lowest BCUT2D eigenvalue weighted by Crippen LogP contribution is -2.51. The number of likely N-dealkylation sites (tertiary alicyclic amines) is 1. The van der Waals surface area contributed by atoms with Crippen molar-refractivity contribution in [3.63, 3.8) is 0 Å². The molecule has 36 heavy (non-hydrogen) atoms. The van der Waals surface area contributed by atoms with Crippen molar-refractivity contribution in [3.05, 3.63) is 98.8 Å². The van der Waals surface area contributed by atoms with Crippen LogP contribution < -0.4 is 0 Å². The van der Waals surface area contributed by atoms with Gasteiger partial charge in [0.2, 0.25) is 0 Å². The molecule has 0 radical (unpaired) electrons. The lowest BCUT2D eigenvalue weighted by Gasteiger charge is -2.42. The van der Waals surface area contributed by atoms with Gasteiger partial charge in [0, 0.05) is 22.2 Å². The molecule has 1 aliphatic carbocycles. The van der Waals surface area contributed by atoms with Gasteiger partial charge in [-0.2, -0.15) is 0 Å². The van der Waals surface area contributed by atoms with E-state index in [0.29, 0.717) is 34.0 Å². The molecule has 1 aliphatic heterocycles. The molecule has 1 heterocycles. The number of nitrogens with zero attached hydrogens (tertiary/aromatic N) is 1. The maximum Gasteiger partial charge on any atom is 0.407 e. The highest BCUT2D eigenvalue weighted by Gasteiger charge is 2.61. The first-order valence-electron chi connectivity index (χ1n) is 11.4. The summed E-state index contributed by atoms with van der Waals surface area (Å²) in [7, 11) is -4.06. The first-order chi connectivity index (χ1) is 17.1. The molecule has 0 spiro atoms. The summed E-state index contributed by atoms with van der Waals surface area (Å²) in [5, 5.41) is 10.8. The summed E-state index contributed by atoms with van der Waals surface area (Å²) in [5.41, 5.74) is 2.96. The fourth-order valence-electron chi connectivity index (χ4n) is 5.55. The SMILES string of the molecule is O=C(O)N1CC[C@@]2(S(=O)(=O)c3ccc(F)cc3)c3ccc(/C=C/c4c(Cl)cccc4Cl)cc3CC[C@@H]12. The van der Waals surface area contributed by atoms with Gasteiger partial charge in [0.05, 0.1) is 10.9 Å². The number of rotatable bonds is 4. The third-order valence-electron chi connectivity index (χ3n) is 7.20. The molecule has 1 fully saturated rings. The van der Waals surface area contributed by atoms with Crippen LogP contribution in [-0.2, 0) is 21.0 Å². The van der Waals surface area contributed by atoms with Crippen LogP contribution in [0.1, 0.15) is 35.1 Å². The minimum atomic E-state index is -4.06. The van der Waals surface area contributed by atoms with E-state index in [9.17, 15) is 22.7 Å². The molecule has 1 saturated heterocycles. The number of carboxylic acid groups (broad SMARTS) is 1. The molecule has 3 aromatic rings. The highest BCUT2D eigenvalue weighted by Crippen LogP contribution is 2.52. The number of halogens is 3. The first-order valence-corrected chi connectivity index (χ1v) is 13.6. The number of hydrogen-bond donors (Lipinski definition) is 1. The monoisotopic (exact) mass is 545 g/mol. The topological polar surface area (TPSA) is 74.7 Å². The predicted octanol–water partition coefficient (Wildman–Crippen LogP) is 6.67. The molecule has 5 nitrogen and oxygen atoms in total. The van der Waals surface area contributed by atoms with Crippen LogP contribution in [0.15, 0.2) is 65.6 Å². The van der Waals surface area contributed by atoms with Crippen molar-refractivity contribution in [1.29, 1.82) is 0 Å². The Hall–Kier alpha value is -2.87. The fraction of sp³-hybridized carbons (Fsp3) is 0.222. The van der Waals surface area contributed by atoms with Crippen molar-refractivity contribution in [1.82, 2.24) is 4.90 Å². The Morgan fingerprint density at radius 2 is 1.75 bits per heavy atom. The number of hydrogen-bond acceptors (Lipinski definition) is 3. The Morgan fingerprint density at radius 3 is 2.42 bits per heavy atom. The molecule has 1 N–H and O–H groups in total. The van der Waals surface area contributed by atoms with Crippen LogP contribution >= 0.6 is 23.2 Å². The van der Waals surface area contributed by atoms with Crippen molar-refractivity contribution in [3.8, 4) is 0 Å². The normalized spacial score (nSPS) is 21.4. The highest BCUT2D eigenvalue weighted by molar-refractivity contribution is 7.92. The molecule has 9 heteroatoms. The number of sulfone groups is 1. The van der Waals surface area contributed by atoms with Crippen molar-refractivity contribution in [2.45, 2.75) is 34.9 Å². The Labute approximate surface area is 218 Å². The quantitative estimate of drug-likeness (QED) is 0.293. The average molecular weight is 546 g/mol. The van der Waals surface area contributed by atoms with E-state index in [1.165, 1.54) is 17.0 Å². The van der Waals surface area contributed by atoms with Crippen molar-refractivity contribution in [2.24, 2.45) is 0 Å². The van der Waals surface area contributed by atoms with E-state index in [4.69, 9.17) is 23.2 Å². The van der Waals surface area contributed by atoms with Crippen molar-refractivity contribution in [2.75, 3.05) is 6.54 Å².